The maximum atomic E-state index is 12.0. The topological polar surface area (TPSA) is 64.7 Å². The van der Waals surface area contributed by atoms with Crippen molar-refractivity contribution in [3.63, 3.8) is 0 Å². The van der Waals surface area contributed by atoms with Gasteiger partial charge in [0.15, 0.2) is 0 Å². The lowest BCUT2D eigenvalue weighted by Gasteiger charge is -2.12. The van der Waals surface area contributed by atoms with E-state index in [0.717, 1.165) is 29.1 Å². The van der Waals surface area contributed by atoms with E-state index in [2.05, 4.69) is 28.7 Å². The number of nitrogens with one attached hydrogen (secondary N) is 1. The number of hydrogen-bond donors (Lipinski definition) is 1. The Morgan fingerprint density at radius 3 is 2.65 bits per heavy atom. The van der Waals surface area contributed by atoms with Crippen molar-refractivity contribution in [2.45, 2.75) is 47.2 Å². The molecule has 138 valence electrons. The first kappa shape index (κ1) is 18.2. The Balaban J connectivity index is 1.92. The van der Waals surface area contributed by atoms with Gasteiger partial charge in [-0.1, -0.05) is 27.7 Å². The monoisotopic (exact) mass is 353 g/mol. The Morgan fingerprint density at radius 2 is 2.00 bits per heavy atom. The molecular weight excluding hydrogens is 326 g/mol. The molecule has 0 fully saturated rings. The van der Waals surface area contributed by atoms with Crippen LogP contribution in [-0.4, -0.2) is 25.0 Å². The molecule has 0 bridgehead atoms. The molecule has 1 aromatic carbocycles. The highest BCUT2D eigenvalue weighted by molar-refractivity contribution is 5.93. The van der Waals surface area contributed by atoms with Crippen LogP contribution >= 0.6 is 0 Å². The van der Waals surface area contributed by atoms with Crippen molar-refractivity contribution in [1.82, 2.24) is 19.1 Å². The number of amides is 1. The normalized spacial score (nSPS) is 11.6. The van der Waals surface area contributed by atoms with Crippen molar-refractivity contribution in [2.24, 2.45) is 11.8 Å². The molecule has 2 heterocycles. The van der Waals surface area contributed by atoms with Crippen molar-refractivity contribution in [2.75, 3.05) is 5.32 Å². The molecule has 6 heteroatoms. The van der Waals surface area contributed by atoms with Gasteiger partial charge in [0.2, 0.25) is 5.91 Å². The number of nitrogens with zero attached hydrogens (tertiary/aromatic N) is 4. The zero-order chi connectivity index (χ0) is 18.7. The summed E-state index contributed by atoms with van der Waals surface area (Å²) in [4.78, 5) is 21.0. The largest absolute Gasteiger partial charge is 0.330 e. The second-order valence-corrected chi connectivity index (χ2v) is 7.62. The molecule has 0 aliphatic carbocycles. The first-order chi connectivity index (χ1) is 12.4. The standard InChI is InChI=1S/C20H27N5O/c1-14(2)9-20(26)22-16-5-6-18-17(10-16)23-19(25(18)11-15(3)4)12-24-8-7-21-13-24/h5-8,10,13-15H,9,11-12H2,1-4H3,(H,22,26). The van der Waals surface area contributed by atoms with Crippen molar-refractivity contribution in [3.05, 3.63) is 42.7 Å². The SMILES string of the molecule is CC(C)CC(=O)Nc1ccc2c(c1)nc(Cn1ccnc1)n2CC(C)C. The number of fused-ring (bicyclic) bond motifs is 1. The van der Waals surface area contributed by atoms with Crippen LogP contribution in [0.15, 0.2) is 36.9 Å². The molecule has 1 amide bonds. The third-order valence-electron chi connectivity index (χ3n) is 4.14. The maximum absolute atomic E-state index is 12.0. The lowest BCUT2D eigenvalue weighted by atomic mass is 10.1. The molecular formula is C20H27N5O. The molecule has 1 N–H and O–H groups in total. The summed E-state index contributed by atoms with van der Waals surface area (Å²) in [6.45, 7) is 10.1. The number of benzene rings is 1. The van der Waals surface area contributed by atoms with E-state index in [1.54, 1.807) is 12.5 Å². The predicted octanol–water partition coefficient (Wildman–Crippen LogP) is 3.92. The van der Waals surface area contributed by atoms with Crippen molar-refractivity contribution in [3.8, 4) is 0 Å². The van der Waals surface area contributed by atoms with Crippen LogP contribution in [0.25, 0.3) is 11.0 Å². The molecule has 0 aliphatic rings. The Bertz CT molecular complexity index is 877. The molecule has 26 heavy (non-hydrogen) atoms. The zero-order valence-electron chi connectivity index (χ0n) is 15.9. The maximum Gasteiger partial charge on any atom is 0.224 e. The average molecular weight is 353 g/mol. The van der Waals surface area contributed by atoms with Gasteiger partial charge in [-0.3, -0.25) is 4.79 Å². The molecule has 0 spiro atoms. The van der Waals surface area contributed by atoms with Gasteiger partial charge in [-0.25, -0.2) is 9.97 Å². The predicted molar refractivity (Wildman–Crippen MR) is 104 cm³/mol. The van der Waals surface area contributed by atoms with E-state index in [9.17, 15) is 4.79 Å². The van der Waals surface area contributed by atoms with Crippen LogP contribution in [0.3, 0.4) is 0 Å². The lowest BCUT2D eigenvalue weighted by molar-refractivity contribution is -0.116. The Kier molecular flexibility index (Phi) is 5.40. The minimum Gasteiger partial charge on any atom is -0.330 e. The molecule has 0 radical (unpaired) electrons. The van der Waals surface area contributed by atoms with Crippen LogP contribution in [0, 0.1) is 11.8 Å². The number of aromatic nitrogens is 4. The molecule has 0 aliphatic heterocycles. The van der Waals surface area contributed by atoms with Gasteiger partial charge in [0.1, 0.15) is 5.82 Å². The minimum absolute atomic E-state index is 0.0413. The number of anilines is 1. The van der Waals surface area contributed by atoms with E-state index in [-0.39, 0.29) is 5.91 Å². The van der Waals surface area contributed by atoms with Crippen molar-refractivity contribution >= 4 is 22.6 Å². The number of hydrogen-bond acceptors (Lipinski definition) is 3. The second kappa shape index (κ2) is 7.72. The summed E-state index contributed by atoms with van der Waals surface area (Å²) < 4.78 is 4.28. The van der Waals surface area contributed by atoms with Gasteiger partial charge in [0.05, 0.1) is 23.9 Å². The molecule has 3 aromatic rings. The van der Waals surface area contributed by atoms with Crippen molar-refractivity contribution < 1.29 is 4.79 Å². The van der Waals surface area contributed by atoms with Crippen LogP contribution in [0.5, 0.6) is 0 Å². The summed E-state index contributed by atoms with van der Waals surface area (Å²) in [6.07, 6.45) is 6.04. The molecule has 6 nitrogen and oxygen atoms in total. The summed E-state index contributed by atoms with van der Waals surface area (Å²) in [7, 11) is 0. The number of carbonyl (C=O) groups is 1. The van der Waals surface area contributed by atoms with E-state index in [4.69, 9.17) is 4.98 Å². The first-order valence-corrected chi connectivity index (χ1v) is 9.17. The first-order valence-electron chi connectivity index (χ1n) is 9.17. The van der Waals surface area contributed by atoms with E-state index in [0.29, 0.717) is 24.8 Å². The van der Waals surface area contributed by atoms with E-state index < -0.39 is 0 Å². The summed E-state index contributed by atoms with van der Waals surface area (Å²) in [5.74, 6) is 1.89. The van der Waals surface area contributed by atoms with Crippen LogP contribution in [0.4, 0.5) is 5.69 Å². The van der Waals surface area contributed by atoms with Gasteiger partial charge in [-0.05, 0) is 30.0 Å². The molecule has 0 atom stereocenters. The van der Waals surface area contributed by atoms with Gasteiger partial charge < -0.3 is 14.5 Å². The van der Waals surface area contributed by atoms with Crippen LogP contribution in [0.2, 0.25) is 0 Å². The Morgan fingerprint density at radius 1 is 1.19 bits per heavy atom. The highest BCUT2D eigenvalue weighted by Crippen LogP contribution is 2.23. The summed E-state index contributed by atoms with van der Waals surface area (Å²) >= 11 is 0. The summed E-state index contributed by atoms with van der Waals surface area (Å²) in [5.41, 5.74) is 2.80. The van der Waals surface area contributed by atoms with E-state index in [1.165, 1.54) is 0 Å². The highest BCUT2D eigenvalue weighted by Gasteiger charge is 2.14. The average Bonchev–Trinajstić information content (AvgIpc) is 3.15. The molecule has 0 unspecified atom stereocenters. The van der Waals surface area contributed by atoms with Crippen LogP contribution < -0.4 is 5.32 Å². The second-order valence-electron chi connectivity index (χ2n) is 7.62. The van der Waals surface area contributed by atoms with E-state index >= 15 is 0 Å². The zero-order valence-corrected chi connectivity index (χ0v) is 15.9. The minimum atomic E-state index is 0.0413. The Hall–Kier alpha value is -2.63. The molecule has 3 rings (SSSR count). The summed E-state index contributed by atoms with van der Waals surface area (Å²) in [6, 6.07) is 5.97. The van der Waals surface area contributed by atoms with Crippen LogP contribution in [-0.2, 0) is 17.9 Å². The molecule has 0 saturated heterocycles. The Labute approximate surface area is 154 Å². The van der Waals surface area contributed by atoms with Gasteiger partial charge >= 0.3 is 0 Å². The van der Waals surface area contributed by atoms with Crippen LogP contribution in [0.1, 0.15) is 39.9 Å². The third kappa shape index (κ3) is 4.31. The lowest BCUT2D eigenvalue weighted by Crippen LogP contribution is -2.13. The van der Waals surface area contributed by atoms with E-state index in [1.807, 2.05) is 42.8 Å². The fraction of sp³-hybridized carbons (Fsp3) is 0.450. The quantitative estimate of drug-likeness (QED) is 0.700. The third-order valence-corrected chi connectivity index (χ3v) is 4.14. The fourth-order valence-corrected chi connectivity index (χ4v) is 3.07. The smallest absolute Gasteiger partial charge is 0.224 e. The van der Waals surface area contributed by atoms with Gasteiger partial charge in [-0.2, -0.15) is 0 Å². The van der Waals surface area contributed by atoms with Crippen molar-refractivity contribution in [1.29, 1.82) is 0 Å². The van der Waals surface area contributed by atoms with Gasteiger partial charge in [0.25, 0.3) is 0 Å². The molecule has 0 saturated carbocycles. The highest BCUT2D eigenvalue weighted by atomic mass is 16.1. The number of carbonyl (C=O) groups excluding carboxylic acids is 1. The van der Waals surface area contributed by atoms with Gasteiger partial charge in [-0.15, -0.1) is 0 Å². The number of imidazole rings is 2. The molecule has 2 aromatic heterocycles. The fourth-order valence-electron chi connectivity index (χ4n) is 3.07. The van der Waals surface area contributed by atoms with Gasteiger partial charge in [0, 0.05) is 31.0 Å². The number of rotatable bonds is 7. The summed E-state index contributed by atoms with van der Waals surface area (Å²) in [5, 5.41) is 2.98.